The topological polar surface area (TPSA) is 56.6 Å². The molecule has 2 heterocycles. The molecule has 0 aliphatic carbocycles. The molecule has 30 heavy (non-hydrogen) atoms. The molecule has 0 spiro atoms. The third-order valence-corrected chi connectivity index (χ3v) is 4.09. The number of hydrogen-bond acceptors (Lipinski definition) is 7. The Hall–Kier alpha value is -2.99. The minimum Gasteiger partial charge on any atom is -0.398 e. The smallest absolute Gasteiger partial charge is 0.366 e. The summed E-state index contributed by atoms with van der Waals surface area (Å²) in [4.78, 5) is 11.8. The van der Waals surface area contributed by atoms with Crippen molar-refractivity contribution < 1.29 is 9.47 Å². The lowest BCUT2D eigenvalue weighted by Gasteiger charge is -2.18. The van der Waals surface area contributed by atoms with Gasteiger partial charge in [-0.05, 0) is 40.9 Å². The van der Waals surface area contributed by atoms with Gasteiger partial charge in [0.25, 0.3) is 0 Å². The summed E-state index contributed by atoms with van der Waals surface area (Å²) < 4.78 is 10.4. The second-order valence-corrected chi connectivity index (χ2v) is 7.66. The fourth-order valence-corrected chi connectivity index (χ4v) is 2.48. The Labute approximate surface area is 187 Å². The highest BCUT2D eigenvalue weighted by Crippen LogP contribution is 2.22. The Morgan fingerprint density at radius 3 is 1.83 bits per heavy atom. The lowest BCUT2D eigenvalue weighted by molar-refractivity contribution is 0.386. The molecule has 1 aromatic carbocycles. The van der Waals surface area contributed by atoms with E-state index < -0.39 is 0 Å². The molecular formula is C23H23N3O2S2. The number of aliphatic imine (C=N–C) groups is 1. The Balaban J connectivity index is 0.000000216. The molecule has 7 heteroatoms. The van der Waals surface area contributed by atoms with Crippen molar-refractivity contribution in [2.45, 2.75) is 32.7 Å². The first-order valence-corrected chi connectivity index (χ1v) is 10.0. The molecule has 2 aromatic heterocycles. The van der Waals surface area contributed by atoms with Crippen LogP contribution in [0.5, 0.6) is 11.8 Å². The van der Waals surface area contributed by atoms with E-state index in [2.05, 4.69) is 77.4 Å². The quantitative estimate of drug-likeness (QED) is 0.379. The average molecular weight is 438 g/mol. The number of isothiocyanates is 1. The van der Waals surface area contributed by atoms with Gasteiger partial charge in [-0.25, -0.2) is 15.0 Å². The zero-order valence-corrected chi connectivity index (χ0v) is 18.7. The van der Waals surface area contributed by atoms with E-state index in [1.165, 1.54) is 11.1 Å². The van der Waals surface area contributed by atoms with Gasteiger partial charge in [-0.1, -0.05) is 57.2 Å². The zero-order chi connectivity index (χ0) is 21.8. The van der Waals surface area contributed by atoms with E-state index in [0.717, 1.165) is 0 Å². The number of benzene rings is 1. The first-order chi connectivity index (χ1) is 14.4. The van der Waals surface area contributed by atoms with E-state index in [1.807, 2.05) is 0 Å². The van der Waals surface area contributed by atoms with Gasteiger partial charge in [0.05, 0.1) is 11.7 Å². The van der Waals surface area contributed by atoms with Gasteiger partial charge in [0.2, 0.25) is 11.8 Å². The van der Waals surface area contributed by atoms with Crippen molar-refractivity contribution in [1.29, 1.82) is 0 Å². The number of ether oxygens (including phenoxy) is 2. The monoisotopic (exact) mass is 437 g/mol. The fraction of sp³-hybridized carbons (Fsp3) is 0.217. The molecule has 0 saturated carbocycles. The molecule has 3 rings (SSSR count). The molecule has 0 N–H and O–H groups in total. The molecule has 0 atom stereocenters. The van der Waals surface area contributed by atoms with Crippen LogP contribution in [-0.2, 0) is 12.0 Å². The van der Waals surface area contributed by atoms with Crippen LogP contribution in [0.25, 0.3) is 0 Å². The minimum atomic E-state index is -0.0302. The zero-order valence-electron chi connectivity index (χ0n) is 17.1. The molecule has 154 valence electrons. The van der Waals surface area contributed by atoms with E-state index in [4.69, 9.17) is 21.7 Å². The summed E-state index contributed by atoms with van der Waals surface area (Å²) in [7, 11) is 0. The van der Waals surface area contributed by atoms with Crippen LogP contribution in [-0.4, -0.2) is 20.4 Å². The summed E-state index contributed by atoms with van der Waals surface area (Å²) in [6.45, 7) is 7.25. The third kappa shape index (κ3) is 8.57. The van der Waals surface area contributed by atoms with Gasteiger partial charge in [0.1, 0.15) is 0 Å². The highest BCUT2D eigenvalue weighted by Gasteiger charge is 2.12. The number of aromatic nitrogens is 2. The van der Waals surface area contributed by atoms with Crippen LogP contribution in [0.2, 0.25) is 0 Å². The van der Waals surface area contributed by atoms with Gasteiger partial charge in [0, 0.05) is 36.7 Å². The maximum atomic E-state index is 5.18. The summed E-state index contributed by atoms with van der Waals surface area (Å²) >= 11 is 9.41. The number of pyridine rings is 2. The summed E-state index contributed by atoms with van der Waals surface area (Å²) in [6, 6.07) is 19.0. The van der Waals surface area contributed by atoms with Crippen LogP contribution >= 0.6 is 24.4 Å². The third-order valence-electron chi connectivity index (χ3n) is 3.80. The van der Waals surface area contributed by atoms with E-state index in [9.17, 15) is 0 Å². The van der Waals surface area contributed by atoms with Crippen molar-refractivity contribution in [3.05, 3.63) is 84.2 Å². The highest BCUT2D eigenvalue weighted by molar-refractivity contribution is 7.79. The second kappa shape index (κ2) is 11.9. The summed E-state index contributed by atoms with van der Waals surface area (Å²) in [5, 5.41) is 2.34. The molecule has 0 aliphatic rings. The normalized spacial score (nSPS) is 10.1. The molecule has 0 saturated heterocycles. The van der Waals surface area contributed by atoms with Gasteiger partial charge < -0.3 is 9.47 Å². The molecule has 0 radical (unpaired) electrons. The predicted molar refractivity (Wildman–Crippen MR) is 126 cm³/mol. The van der Waals surface area contributed by atoms with Crippen LogP contribution in [0, 0.1) is 0 Å². The second-order valence-electron chi connectivity index (χ2n) is 7.14. The molecule has 0 amide bonds. The molecule has 0 bridgehead atoms. The van der Waals surface area contributed by atoms with Gasteiger partial charge in [-0.2, -0.15) is 0 Å². The number of rotatable bonds is 4. The van der Waals surface area contributed by atoms with Crippen LogP contribution < -0.4 is 9.47 Å². The summed E-state index contributed by atoms with van der Waals surface area (Å²) in [5.74, 6) is 0.784. The summed E-state index contributed by atoms with van der Waals surface area (Å²) in [5.41, 5.74) is 2.73. The van der Waals surface area contributed by atoms with Crippen molar-refractivity contribution in [2.75, 3.05) is 0 Å². The molecule has 0 aliphatic heterocycles. The molecule has 3 aromatic rings. The average Bonchev–Trinajstić information content (AvgIpc) is 2.74. The largest absolute Gasteiger partial charge is 0.398 e. The van der Waals surface area contributed by atoms with Crippen LogP contribution in [0.4, 0.5) is 0 Å². The van der Waals surface area contributed by atoms with Crippen molar-refractivity contribution in [2.24, 2.45) is 4.99 Å². The SMILES string of the molecule is CC(C)(C)c1ccc(CN=C=S)cc1.S=C(Oc1ccccn1)Oc1ccccn1. The molecule has 0 unspecified atom stereocenters. The van der Waals surface area contributed by atoms with E-state index in [-0.39, 0.29) is 10.7 Å². The van der Waals surface area contributed by atoms with Crippen molar-refractivity contribution in [3.63, 3.8) is 0 Å². The molecular weight excluding hydrogens is 414 g/mol. The van der Waals surface area contributed by atoms with Crippen molar-refractivity contribution in [1.82, 2.24) is 9.97 Å². The lowest BCUT2D eigenvalue weighted by atomic mass is 9.87. The maximum absolute atomic E-state index is 5.18. The minimum absolute atomic E-state index is 0.0302. The highest BCUT2D eigenvalue weighted by atomic mass is 32.1. The van der Waals surface area contributed by atoms with Crippen LogP contribution in [0.1, 0.15) is 31.9 Å². The maximum Gasteiger partial charge on any atom is 0.366 e. The van der Waals surface area contributed by atoms with Gasteiger partial charge >= 0.3 is 5.24 Å². The number of hydrogen-bond donors (Lipinski definition) is 0. The first kappa shape index (κ1) is 23.3. The van der Waals surface area contributed by atoms with E-state index in [0.29, 0.717) is 18.3 Å². The molecule has 0 fully saturated rings. The molecule has 5 nitrogen and oxygen atoms in total. The van der Waals surface area contributed by atoms with Gasteiger partial charge in [-0.3, -0.25) is 0 Å². The van der Waals surface area contributed by atoms with Gasteiger partial charge in [0.15, 0.2) is 0 Å². The van der Waals surface area contributed by atoms with Crippen molar-refractivity contribution in [3.8, 4) is 11.8 Å². The van der Waals surface area contributed by atoms with E-state index >= 15 is 0 Å². The van der Waals surface area contributed by atoms with Crippen LogP contribution in [0.3, 0.4) is 0 Å². The Morgan fingerprint density at radius 1 is 0.900 bits per heavy atom. The van der Waals surface area contributed by atoms with Crippen molar-refractivity contribution >= 4 is 34.8 Å². The standard InChI is InChI=1S/C12H15NS.C11H8N2O2S/c1-12(2,3)11-6-4-10(5-7-11)8-13-9-14;16-11(14-9-5-1-3-7-12-9)15-10-6-2-4-8-13-10/h4-7H,8H2,1-3H3;1-8H. The fourth-order valence-electron chi connectivity index (χ4n) is 2.24. The van der Waals surface area contributed by atoms with Gasteiger partial charge in [-0.15, -0.1) is 0 Å². The first-order valence-electron chi connectivity index (χ1n) is 9.23. The van der Waals surface area contributed by atoms with Crippen LogP contribution in [0.15, 0.2) is 78.0 Å². The predicted octanol–water partition coefficient (Wildman–Crippen LogP) is 5.81. The van der Waals surface area contributed by atoms with E-state index in [1.54, 1.807) is 48.8 Å². The summed E-state index contributed by atoms with van der Waals surface area (Å²) in [6.07, 6.45) is 3.22. The lowest BCUT2D eigenvalue weighted by Crippen LogP contribution is -2.14. The Morgan fingerprint density at radius 2 is 1.43 bits per heavy atom. The number of thiocarbonyl (C=S) groups is 2. The number of nitrogens with zero attached hydrogens (tertiary/aromatic N) is 3. The Bertz CT molecular complexity index is 923. The Kier molecular flexibility index (Phi) is 9.22.